The minimum absolute atomic E-state index is 0.0853. The summed E-state index contributed by atoms with van der Waals surface area (Å²) in [7, 11) is 0. The minimum Gasteiger partial charge on any atom is -0.397 e. The van der Waals surface area contributed by atoms with Gasteiger partial charge in [-0.15, -0.1) is 0 Å². The van der Waals surface area contributed by atoms with Crippen molar-refractivity contribution in [1.82, 2.24) is 4.98 Å². The number of benzene rings is 1. The number of aryl methyl sites for hydroxylation is 1. The van der Waals surface area contributed by atoms with Crippen molar-refractivity contribution in [3.63, 3.8) is 0 Å². The van der Waals surface area contributed by atoms with Crippen LogP contribution in [0.4, 0.5) is 11.5 Å². The molecule has 1 heterocycles. The van der Waals surface area contributed by atoms with E-state index in [1.807, 2.05) is 31.2 Å². The summed E-state index contributed by atoms with van der Waals surface area (Å²) >= 11 is 0. The smallest absolute Gasteiger partial charge is 0.229 e. The largest absolute Gasteiger partial charge is 0.397 e. The maximum atomic E-state index is 11.8. The van der Waals surface area contributed by atoms with Crippen LogP contribution in [-0.4, -0.2) is 10.9 Å². The number of hydrogen-bond acceptors (Lipinski definition) is 3. The Morgan fingerprint density at radius 3 is 2.83 bits per heavy atom. The Kier molecular flexibility index (Phi) is 3.57. The van der Waals surface area contributed by atoms with Crippen molar-refractivity contribution < 1.29 is 4.79 Å². The summed E-state index contributed by atoms with van der Waals surface area (Å²) in [5, 5.41) is 2.73. The average molecular weight is 241 g/mol. The predicted molar refractivity (Wildman–Crippen MR) is 72.2 cm³/mol. The van der Waals surface area contributed by atoms with E-state index in [1.54, 1.807) is 12.1 Å². The van der Waals surface area contributed by atoms with Crippen LogP contribution >= 0.6 is 0 Å². The molecule has 1 aromatic carbocycles. The summed E-state index contributed by atoms with van der Waals surface area (Å²) in [6.07, 6.45) is 1.86. The number of nitrogens with one attached hydrogen (secondary N) is 1. The number of nitrogens with zero attached hydrogens (tertiary/aromatic N) is 1. The highest BCUT2D eigenvalue weighted by atomic mass is 16.1. The lowest BCUT2D eigenvalue weighted by molar-refractivity contribution is -0.115. The fraction of sp³-hybridized carbons (Fsp3) is 0.143. The number of rotatable bonds is 3. The van der Waals surface area contributed by atoms with Crippen molar-refractivity contribution in [2.45, 2.75) is 13.3 Å². The number of amides is 1. The number of carbonyl (C=O) groups excluding carboxylic acids is 1. The first-order valence-electron chi connectivity index (χ1n) is 5.70. The summed E-state index contributed by atoms with van der Waals surface area (Å²) in [4.78, 5) is 15.8. The molecule has 0 unspecified atom stereocenters. The third kappa shape index (κ3) is 3.31. The number of nitrogen functional groups attached to an aromatic ring is 1. The third-order valence-electron chi connectivity index (χ3n) is 2.50. The monoisotopic (exact) mass is 241 g/mol. The van der Waals surface area contributed by atoms with Crippen LogP contribution in [0.2, 0.25) is 0 Å². The van der Waals surface area contributed by atoms with E-state index in [0.29, 0.717) is 17.9 Å². The van der Waals surface area contributed by atoms with Crippen LogP contribution in [0.1, 0.15) is 11.1 Å². The molecule has 4 nitrogen and oxygen atoms in total. The minimum atomic E-state index is -0.0853. The van der Waals surface area contributed by atoms with Crippen LogP contribution in [0.15, 0.2) is 42.6 Å². The molecular formula is C14H15N3O. The summed E-state index contributed by atoms with van der Waals surface area (Å²) in [5.74, 6) is 0.430. The first kappa shape index (κ1) is 12.1. The van der Waals surface area contributed by atoms with Gasteiger partial charge in [0.2, 0.25) is 5.91 Å². The zero-order valence-corrected chi connectivity index (χ0v) is 10.2. The van der Waals surface area contributed by atoms with Gasteiger partial charge in [-0.1, -0.05) is 29.8 Å². The van der Waals surface area contributed by atoms with Crippen LogP contribution in [0.25, 0.3) is 0 Å². The van der Waals surface area contributed by atoms with Gasteiger partial charge >= 0.3 is 0 Å². The molecule has 0 fully saturated rings. The fourth-order valence-corrected chi connectivity index (χ4v) is 1.67. The number of carbonyl (C=O) groups is 1. The molecule has 4 heteroatoms. The van der Waals surface area contributed by atoms with Crippen LogP contribution in [0.3, 0.4) is 0 Å². The van der Waals surface area contributed by atoms with E-state index in [4.69, 9.17) is 5.73 Å². The summed E-state index contributed by atoms with van der Waals surface area (Å²) in [5.41, 5.74) is 8.23. The van der Waals surface area contributed by atoms with E-state index in [0.717, 1.165) is 11.1 Å². The van der Waals surface area contributed by atoms with Crippen molar-refractivity contribution in [1.29, 1.82) is 0 Å². The molecule has 0 saturated heterocycles. The third-order valence-corrected chi connectivity index (χ3v) is 2.50. The van der Waals surface area contributed by atoms with Gasteiger partial charge in [0.05, 0.1) is 18.3 Å². The van der Waals surface area contributed by atoms with E-state index >= 15 is 0 Å². The van der Waals surface area contributed by atoms with E-state index in [1.165, 1.54) is 6.20 Å². The Morgan fingerprint density at radius 2 is 2.17 bits per heavy atom. The maximum absolute atomic E-state index is 11.8. The molecule has 2 rings (SSSR count). The maximum Gasteiger partial charge on any atom is 0.229 e. The molecule has 0 aliphatic carbocycles. The van der Waals surface area contributed by atoms with Crippen molar-refractivity contribution >= 4 is 17.4 Å². The first-order valence-corrected chi connectivity index (χ1v) is 5.70. The van der Waals surface area contributed by atoms with Crippen LogP contribution in [0, 0.1) is 6.92 Å². The zero-order chi connectivity index (χ0) is 13.0. The highest BCUT2D eigenvalue weighted by molar-refractivity contribution is 5.91. The second kappa shape index (κ2) is 5.31. The Bertz CT molecular complexity index is 549. The Balaban J connectivity index is 1.98. The number of nitrogens with two attached hydrogens (primary N) is 1. The molecule has 0 spiro atoms. The highest BCUT2D eigenvalue weighted by Gasteiger charge is 2.04. The van der Waals surface area contributed by atoms with E-state index in [9.17, 15) is 4.79 Å². The molecule has 0 atom stereocenters. The Labute approximate surface area is 106 Å². The van der Waals surface area contributed by atoms with Gasteiger partial charge in [0, 0.05) is 0 Å². The normalized spacial score (nSPS) is 10.1. The van der Waals surface area contributed by atoms with Crippen molar-refractivity contribution in [2.24, 2.45) is 0 Å². The molecule has 1 aromatic heterocycles. The molecule has 1 amide bonds. The molecule has 3 N–H and O–H groups in total. The van der Waals surface area contributed by atoms with E-state index in [-0.39, 0.29) is 5.91 Å². The molecule has 2 aromatic rings. The van der Waals surface area contributed by atoms with Crippen molar-refractivity contribution in [2.75, 3.05) is 11.1 Å². The predicted octanol–water partition coefficient (Wildman–Crippen LogP) is 2.15. The summed E-state index contributed by atoms with van der Waals surface area (Å²) in [6.45, 7) is 2.00. The highest BCUT2D eigenvalue weighted by Crippen LogP contribution is 2.08. The number of hydrogen-bond donors (Lipinski definition) is 2. The zero-order valence-electron chi connectivity index (χ0n) is 10.2. The molecule has 92 valence electrons. The second-order valence-corrected chi connectivity index (χ2v) is 4.19. The quantitative estimate of drug-likeness (QED) is 0.865. The Hall–Kier alpha value is -2.36. The molecule has 0 radical (unpaired) electrons. The second-order valence-electron chi connectivity index (χ2n) is 4.19. The van der Waals surface area contributed by atoms with Gasteiger partial charge in [-0.05, 0) is 24.6 Å². The van der Waals surface area contributed by atoms with Crippen LogP contribution < -0.4 is 11.1 Å². The SMILES string of the molecule is Cc1cccc(CC(=O)Nc2ccc(N)cn2)c1. The number of pyridine rings is 1. The van der Waals surface area contributed by atoms with Crippen LogP contribution in [-0.2, 0) is 11.2 Å². The van der Waals surface area contributed by atoms with E-state index in [2.05, 4.69) is 10.3 Å². The molecule has 0 saturated carbocycles. The van der Waals surface area contributed by atoms with Gasteiger partial charge in [0.1, 0.15) is 5.82 Å². The van der Waals surface area contributed by atoms with Crippen molar-refractivity contribution in [3.05, 3.63) is 53.7 Å². The van der Waals surface area contributed by atoms with Gasteiger partial charge in [0.25, 0.3) is 0 Å². The Morgan fingerprint density at radius 1 is 1.33 bits per heavy atom. The molecule has 0 aliphatic rings. The lowest BCUT2D eigenvalue weighted by atomic mass is 10.1. The standard InChI is InChI=1S/C14H15N3O/c1-10-3-2-4-11(7-10)8-14(18)17-13-6-5-12(15)9-16-13/h2-7,9H,8,15H2,1H3,(H,16,17,18). The molecular weight excluding hydrogens is 226 g/mol. The van der Waals surface area contributed by atoms with Gasteiger partial charge in [-0.2, -0.15) is 0 Å². The first-order chi connectivity index (χ1) is 8.63. The van der Waals surface area contributed by atoms with Crippen LogP contribution in [0.5, 0.6) is 0 Å². The molecule has 18 heavy (non-hydrogen) atoms. The number of aromatic nitrogens is 1. The lowest BCUT2D eigenvalue weighted by Gasteiger charge is -2.05. The van der Waals surface area contributed by atoms with Gasteiger partial charge in [0.15, 0.2) is 0 Å². The summed E-state index contributed by atoms with van der Waals surface area (Å²) in [6, 6.07) is 11.3. The van der Waals surface area contributed by atoms with Gasteiger partial charge < -0.3 is 11.1 Å². The summed E-state index contributed by atoms with van der Waals surface area (Å²) < 4.78 is 0. The topological polar surface area (TPSA) is 68.0 Å². The lowest BCUT2D eigenvalue weighted by Crippen LogP contribution is -2.15. The molecule has 0 aliphatic heterocycles. The number of anilines is 2. The van der Waals surface area contributed by atoms with Gasteiger partial charge in [-0.25, -0.2) is 4.98 Å². The van der Waals surface area contributed by atoms with E-state index < -0.39 is 0 Å². The van der Waals surface area contributed by atoms with Gasteiger partial charge in [-0.3, -0.25) is 4.79 Å². The average Bonchev–Trinajstić information content (AvgIpc) is 2.32. The van der Waals surface area contributed by atoms with Crippen molar-refractivity contribution in [3.8, 4) is 0 Å². The fourth-order valence-electron chi connectivity index (χ4n) is 1.67. The molecule has 0 bridgehead atoms.